The van der Waals surface area contributed by atoms with Crippen LogP contribution in [-0.2, 0) is 4.79 Å². The number of methoxy groups -OCH3 is 1. The first-order valence-corrected chi connectivity index (χ1v) is 7.72. The third-order valence-corrected chi connectivity index (χ3v) is 4.43. The van der Waals surface area contributed by atoms with Gasteiger partial charge >= 0.3 is 0 Å². The fourth-order valence-electron chi connectivity index (χ4n) is 2.32. The molecule has 0 aromatic heterocycles. The maximum absolute atomic E-state index is 12.1. The quantitative estimate of drug-likeness (QED) is 0.793. The van der Waals surface area contributed by atoms with Crippen molar-refractivity contribution in [3.63, 3.8) is 0 Å². The highest BCUT2D eigenvalue weighted by Crippen LogP contribution is 2.23. The number of piperidine rings is 1. The van der Waals surface area contributed by atoms with E-state index in [9.17, 15) is 4.79 Å². The molecule has 104 valence electrons. The molecular weight excluding hydrogens is 258 g/mol. The first-order chi connectivity index (χ1) is 9.19. The predicted octanol–water partition coefficient (Wildman–Crippen LogP) is 3.05. The molecule has 1 amide bonds. The zero-order valence-corrected chi connectivity index (χ0v) is 12.4. The van der Waals surface area contributed by atoms with E-state index < -0.39 is 0 Å². The molecule has 1 aliphatic heterocycles. The van der Waals surface area contributed by atoms with Crippen LogP contribution in [0, 0.1) is 5.92 Å². The predicted molar refractivity (Wildman–Crippen MR) is 78.7 cm³/mol. The highest BCUT2D eigenvalue weighted by atomic mass is 32.2. The summed E-state index contributed by atoms with van der Waals surface area (Å²) >= 11 is 1.60. The van der Waals surface area contributed by atoms with Crippen molar-refractivity contribution in [2.75, 3.05) is 26.0 Å². The molecule has 1 fully saturated rings. The van der Waals surface area contributed by atoms with E-state index in [-0.39, 0.29) is 5.91 Å². The molecule has 0 bridgehead atoms. The van der Waals surface area contributed by atoms with Crippen molar-refractivity contribution in [2.24, 2.45) is 5.92 Å². The molecule has 1 aromatic carbocycles. The number of likely N-dealkylation sites (tertiary alicyclic amines) is 1. The maximum Gasteiger partial charge on any atom is 0.232 e. The van der Waals surface area contributed by atoms with E-state index in [0.29, 0.717) is 11.7 Å². The fourth-order valence-corrected chi connectivity index (χ4v) is 3.13. The van der Waals surface area contributed by atoms with E-state index in [0.717, 1.165) is 30.2 Å². The molecule has 2 rings (SSSR count). The van der Waals surface area contributed by atoms with Crippen LogP contribution in [-0.4, -0.2) is 36.8 Å². The van der Waals surface area contributed by atoms with Gasteiger partial charge in [-0.15, -0.1) is 11.8 Å². The van der Waals surface area contributed by atoms with Crippen LogP contribution in [0.1, 0.15) is 19.8 Å². The molecule has 1 heterocycles. The second-order valence-corrected chi connectivity index (χ2v) is 6.10. The van der Waals surface area contributed by atoms with E-state index >= 15 is 0 Å². The first kappa shape index (κ1) is 14.3. The molecule has 4 heteroatoms. The van der Waals surface area contributed by atoms with Gasteiger partial charge in [0.25, 0.3) is 0 Å². The molecule has 1 aromatic rings. The molecular formula is C15H21NO2S. The van der Waals surface area contributed by atoms with Crippen LogP contribution in [0.2, 0.25) is 0 Å². The van der Waals surface area contributed by atoms with Crippen molar-refractivity contribution >= 4 is 17.7 Å². The second-order valence-electron chi connectivity index (χ2n) is 5.05. The lowest BCUT2D eigenvalue weighted by Gasteiger charge is -2.30. The van der Waals surface area contributed by atoms with Gasteiger partial charge in [-0.25, -0.2) is 0 Å². The number of rotatable bonds is 4. The highest BCUT2D eigenvalue weighted by Gasteiger charge is 2.20. The summed E-state index contributed by atoms with van der Waals surface area (Å²) < 4.78 is 5.12. The number of hydrogen-bond acceptors (Lipinski definition) is 3. The number of carbonyl (C=O) groups is 1. The van der Waals surface area contributed by atoms with Gasteiger partial charge in [0, 0.05) is 18.0 Å². The monoisotopic (exact) mass is 279 g/mol. The molecule has 0 spiro atoms. The van der Waals surface area contributed by atoms with Gasteiger partial charge in [0.2, 0.25) is 5.91 Å². The Morgan fingerprint density at radius 2 is 2.16 bits per heavy atom. The molecule has 3 nitrogen and oxygen atoms in total. The van der Waals surface area contributed by atoms with E-state index in [1.165, 1.54) is 6.42 Å². The van der Waals surface area contributed by atoms with Gasteiger partial charge in [-0.1, -0.05) is 6.92 Å². The summed E-state index contributed by atoms with van der Waals surface area (Å²) in [7, 11) is 1.66. The largest absolute Gasteiger partial charge is 0.497 e. The number of ether oxygens (including phenoxy) is 1. The minimum Gasteiger partial charge on any atom is -0.497 e. The van der Waals surface area contributed by atoms with Gasteiger partial charge < -0.3 is 9.64 Å². The summed E-state index contributed by atoms with van der Waals surface area (Å²) in [5.74, 6) is 2.27. The van der Waals surface area contributed by atoms with Crippen molar-refractivity contribution in [1.29, 1.82) is 0 Å². The summed E-state index contributed by atoms with van der Waals surface area (Å²) in [6.07, 6.45) is 2.38. The van der Waals surface area contributed by atoms with E-state index in [2.05, 4.69) is 6.92 Å². The minimum atomic E-state index is 0.257. The zero-order chi connectivity index (χ0) is 13.7. The number of amides is 1. The number of carbonyl (C=O) groups excluding carboxylic acids is 1. The highest BCUT2D eigenvalue weighted by molar-refractivity contribution is 8.00. The van der Waals surface area contributed by atoms with Crippen molar-refractivity contribution in [3.8, 4) is 5.75 Å². The second kappa shape index (κ2) is 6.85. The lowest BCUT2D eigenvalue weighted by Crippen LogP contribution is -2.40. The molecule has 1 saturated heterocycles. The number of benzene rings is 1. The molecule has 0 unspecified atom stereocenters. The van der Waals surface area contributed by atoms with Gasteiger partial charge in [-0.3, -0.25) is 4.79 Å². The molecule has 0 N–H and O–H groups in total. The molecule has 1 aliphatic rings. The Hall–Kier alpha value is -1.16. The number of thioether (sulfide) groups is 1. The average molecular weight is 279 g/mol. The van der Waals surface area contributed by atoms with Crippen LogP contribution in [0.15, 0.2) is 29.2 Å². The average Bonchev–Trinajstić information content (AvgIpc) is 2.45. The Labute approximate surface area is 119 Å². The van der Waals surface area contributed by atoms with Crippen LogP contribution in [0.3, 0.4) is 0 Å². The minimum absolute atomic E-state index is 0.257. The lowest BCUT2D eigenvalue weighted by molar-refractivity contribution is -0.130. The molecule has 1 atom stereocenters. The van der Waals surface area contributed by atoms with Gasteiger partial charge in [-0.2, -0.15) is 0 Å². The van der Waals surface area contributed by atoms with Crippen LogP contribution in [0.4, 0.5) is 0 Å². The third kappa shape index (κ3) is 4.16. The Balaban J connectivity index is 1.82. The Bertz CT molecular complexity index is 419. The van der Waals surface area contributed by atoms with Crippen molar-refractivity contribution < 1.29 is 9.53 Å². The molecule has 0 aliphatic carbocycles. The van der Waals surface area contributed by atoms with Gasteiger partial charge in [0.05, 0.1) is 12.9 Å². The lowest BCUT2D eigenvalue weighted by atomic mass is 10.0. The maximum atomic E-state index is 12.1. The van der Waals surface area contributed by atoms with E-state index in [1.54, 1.807) is 18.9 Å². The van der Waals surface area contributed by atoms with Gasteiger partial charge in [0.15, 0.2) is 0 Å². The van der Waals surface area contributed by atoms with Crippen LogP contribution < -0.4 is 4.74 Å². The van der Waals surface area contributed by atoms with Crippen molar-refractivity contribution in [2.45, 2.75) is 24.7 Å². The summed E-state index contributed by atoms with van der Waals surface area (Å²) in [6.45, 7) is 4.06. The summed E-state index contributed by atoms with van der Waals surface area (Å²) in [4.78, 5) is 15.2. The van der Waals surface area contributed by atoms with Crippen LogP contribution >= 0.6 is 11.8 Å². The molecule has 19 heavy (non-hydrogen) atoms. The normalized spacial score (nSPS) is 19.3. The number of hydrogen-bond donors (Lipinski definition) is 0. The third-order valence-electron chi connectivity index (χ3n) is 3.43. The van der Waals surface area contributed by atoms with Crippen molar-refractivity contribution in [3.05, 3.63) is 24.3 Å². The standard InChI is InChI=1S/C15H21NO2S/c1-12-4-3-9-16(10-12)15(17)11-19-14-7-5-13(18-2)6-8-14/h5-8,12H,3-4,9-11H2,1-2H3/t12-/m1/s1. The molecule has 0 radical (unpaired) electrons. The van der Waals surface area contributed by atoms with E-state index in [4.69, 9.17) is 4.74 Å². The van der Waals surface area contributed by atoms with Crippen LogP contribution in [0.25, 0.3) is 0 Å². The van der Waals surface area contributed by atoms with Gasteiger partial charge in [0.1, 0.15) is 5.75 Å². The summed E-state index contributed by atoms with van der Waals surface area (Å²) in [6, 6.07) is 7.84. The smallest absolute Gasteiger partial charge is 0.232 e. The number of nitrogens with zero attached hydrogens (tertiary/aromatic N) is 1. The Morgan fingerprint density at radius 3 is 2.79 bits per heavy atom. The van der Waals surface area contributed by atoms with Crippen LogP contribution in [0.5, 0.6) is 5.75 Å². The first-order valence-electron chi connectivity index (χ1n) is 6.73. The Morgan fingerprint density at radius 1 is 1.42 bits per heavy atom. The van der Waals surface area contributed by atoms with Crippen molar-refractivity contribution in [1.82, 2.24) is 4.90 Å². The fraction of sp³-hybridized carbons (Fsp3) is 0.533. The summed E-state index contributed by atoms with van der Waals surface area (Å²) in [5, 5.41) is 0. The SMILES string of the molecule is COc1ccc(SCC(=O)N2CCC[C@@H](C)C2)cc1. The van der Waals surface area contributed by atoms with Gasteiger partial charge in [-0.05, 0) is 43.0 Å². The molecule has 0 saturated carbocycles. The Kier molecular flexibility index (Phi) is 5.14. The summed E-state index contributed by atoms with van der Waals surface area (Å²) in [5.41, 5.74) is 0. The zero-order valence-electron chi connectivity index (χ0n) is 11.6. The van der Waals surface area contributed by atoms with E-state index in [1.807, 2.05) is 29.2 Å². The topological polar surface area (TPSA) is 29.5 Å².